The molecule has 2 aromatic carbocycles. The number of hydrogen-bond donors (Lipinski definition) is 2. The number of primary amides is 1. The minimum Gasteiger partial charge on any atom is -0.364 e. The summed E-state index contributed by atoms with van der Waals surface area (Å²) >= 11 is 0. The number of nitrogens with two attached hydrogens (primary N) is 1. The molecule has 0 saturated heterocycles. The third-order valence-electron chi connectivity index (χ3n) is 3.81. The number of amides is 1. The molecule has 3 aromatic rings. The highest BCUT2D eigenvalue weighted by Crippen LogP contribution is 2.33. The van der Waals surface area contributed by atoms with E-state index in [1.54, 1.807) is 19.2 Å². The van der Waals surface area contributed by atoms with Crippen LogP contribution in [0, 0.1) is 18.8 Å². The first-order valence-electron chi connectivity index (χ1n) is 7.08. The molecule has 0 spiro atoms. The summed E-state index contributed by atoms with van der Waals surface area (Å²) in [5.41, 5.74) is 9.79. The predicted octanol–water partition coefficient (Wildman–Crippen LogP) is 3.69. The van der Waals surface area contributed by atoms with E-state index in [1.165, 1.54) is 12.1 Å². The number of aromatic nitrogens is 1. The molecule has 0 aliphatic rings. The van der Waals surface area contributed by atoms with Gasteiger partial charge >= 0.3 is 6.07 Å². The van der Waals surface area contributed by atoms with Gasteiger partial charge in [-0.15, -0.1) is 0 Å². The molecule has 5 heteroatoms. The Kier molecular flexibility index (Phi) is 3.59. The summed E-state index contributed by atoms with van der Waals surface area (Å²) in [4.78, 5) is 18.6. The van der Waals surface area contributed by atoms with Crippen LogP contribution in [-0.4, -0.2) is 17.9 Å². The van der Waals surface area contributed by atoms with Crippen molar-refractivity contribution in [3.63, 3.8) is 0 Å². The Morgan fingerprint density at radius 3 is 2.57 bits per heavy atom. The topological polar surface area (TPSA) is 63.2 Å². The van der Waals surface area contributed by atoms with Crippen molar-refractivity contribution in [3.8, 4) is 17.2 Å². The number of hydrogen-bond acceptors (Lipinski definition) is 1. The molecule has 4 nitrogen and oxygen atoms in total. The normalized spacial score (nSPS) is 10.4. The highest BCUT2D eigenvalue weighted by molar-refractivity contribution is 6.05. The molecule has 1 amide bonds. The average Bonchev–Trinajstić information content (AvgIpc) is 2.85. The number of halogens is 1. The maximum Gasteiger partial charge on any atom is 0.310 e. The minimum atomic E-state index is -0.515. The zero-order chi connectivity index (χ0) is 16.6. The number of fused-ring (bicyclic) bond motifs is 1. The van der Waals surface area contributed by atoms with Gasteiger partial charge in [0.15, 0.2) is 0 Å². The molecule has 23 heavy (non-hydrogen) atoms. The highest BCUT2D eigenvalue weighted by Gasteiger charge is 2.17. The maximum absolute atomic E-state index is 13.2. The molecular formula is C18H15FN3O+. The quantitative estimate of drug-likeness (QED) is 0.745. The van der Waals surface area contributed by atoms with E-state index in [4.69, 9.17) is 5.73 Å². The molecule has 3 N–H and O–H groups in total. The van der Waals surface area contributed by atoms with Crippen molar-refractivity contribution >= 4 is 16.8 Å². The lowest BCUT2D eigenvalue weighted by Gasteiger charge is -2.04. The molecule has 3 rings (SSSR count). The molecule has 0 atom stereocenters. The fourth-order valence-electron chi connectivity index (χ4n) is 2.72. The van der Waals surface area contributed by atoms with Crippen molar-refractivity contribution in [1.82, 2.24) is 4.98 Å². The van der Waals surface area contributed by atoms with Crippen LogP contribution in [0.2, 0.25) is 0 Å². The van der Waals surface area contributed by atoms with Crippen LogP contribution in [0.15, 0.2) is 36.4 Å². The van der Waals surface area contributed by atoms with Crippen LogP contribution in [0.25, 0.3) is 26.9 Å². The summed E-state index contributed by atoms with van der Waals surface area (Å²) < 4.78 is 13.2. The Hall–Kier alpha value is -3.13. The van der Waals surface area contributed by atoms with Crippen molar-refractivity contribution in [1.29, 1.82) is 0 Å². The van der Waals surface area contributed by atoms with Gasteiger partial charge in [-0.3, -0.25) is 4.79 Å². The van der Waals surface area contributed by atoms with Crippen LogP contribution in [0.3, 0.4) is 0 Å². The van der Waals surface area contributed by atoms with Crippen LogP contribution in [-0.2, 0) is 0 Å². The van der Waals surface area contributed by atoms with Crippen LogP contribution in [0.5, 0.6) is 0 Å². The standard InChI is InChI=1S/C18H14FN3O/c1-10-14-7-11(9-21-2)8-15(12-3-5-13(19)6-4-12)17(14)22-16(10)18(20)23/h3-8H,1-2H3,(H2,20,23)/p+1. The Balaban J connectivity index is 2.37. The van der Waals surface area contributed by atoms with Gasteiger partial charge in [-0.05, 0) is 42.3 Å². The molecule has 1 aromatic heterocycles. The molecule has 0 aliphatic heterocycles. The second-order valence-electron chi connectivity index (χ2n) is 5.28. The first kappa shape index (κ1) is 14.8. The van der Waals surface area contributed by atoms with E-state index in [0.29, 0.717) is 5.69 Å². The van der Waals surface area contributed by atoms with E-state index in [2.05, 4.69) is 15.9 Å². The number of H-pyrrole nitrogens is 1. The predicted molar refractivity (Wildman–Crippen MR) is 89.2 cm³/mol. The van der Waals surface area contributed by atoms with Gasteiger partial charge in [-0.1, -0.05) is 17.0 Å². The molecule has 0 aliphatic carbocycles. The van der Waals surface area contributed by atoms with E-state index >= 15 is 0 Å². The summed E-state index contributed by atoms with van der Waals surface area (Å²) in [7, 11) is 1.64. The number of rotatable bonds is 2. The zero-order valence-corrected chi connectivity index (χ0v) is 12.8. The van der Waals surface area contributed by atoms with E-state index in [1.807, 2.05) is 19.1 Å². The van der Waals surface area contributed by atoms with E-state index in [0.717, 1.165) is 33.2 Å². The van der Waals surface area contributed by atoms with Crippen molar-refractivity contribution in [2.24, 2.45) is 5.73 Å². The minimum absolute atomic E-state index is 0.302. The summed E-state index contributed by atoms with van der Waals surface area (Å²) in [5, 5.41) is 0.867. The Labute approximate surface area is 132 Å². The molecule has 0 unspecified atom stereocenters. The van der Waals surface area contributed by atoms with Gasteiger partial charge in [0.1, 0.15) is 17.1 Å². The number of aryl methyl sites for hydroxylation is 1. The smallest absolute Gasteiger partial charge is 0.310 e. The number of nitrogens with zero attached hydrogens (tertiary/aromatic N) is 1. The van der Waals surface area contributed by atoms with Crippen LogP contribution < -0.4 is 5.73 Å². The SMILES string of the molecule is C[N+]#Cc1cc(-c2ccc(F)cc2)c2[nH]c(C(N)=O)c(C)c2c1. The molecular weight excluding hydrogens is 293 g/mol. The number of aromatic amines is 1. The zero-order valence-electron chi connectivity index (χ0n) is 12.8. The second-order valence-corrected chi connectivity index (χ2v) is 5.28. The Morgan fingerprint density at radius 1 is 1.26 bits per heavy atom. The van der Waals surface area contributed by atoms with Gasteiger partial charge in [0.25, 0.3) is 13.0 Å². The summed E-state index contributed by atoms with van der Waals surface area (Å²) in [5.74, 6) is -0.818. The largest absolute Gasteiger partial charge is 0.364 e. The molecule has 1 heterocycles. The lowest BCUT2D eigenvalue weighted by molar-refractivity contribution is 0.0996. The van der Waals surface area contributed by atoms with Gasteiger partial charge < -0.3 is 10.7 Å². The summed E-state index contributed by atoms with van der Waals surface area (Å²) in [6.07, 6.45) is 0. The average molecular weight is 308 g/mol. The lowest BCUT2D eigenvalue weighted by Crippen LogP contribution is -2.12. The van der Waals surface area contributed by atoms with Crippen molar-refractivity contribution in [3.05, 3.63) is 63.9 Å². The lowest BCUT2D eigenvalue weighted by atomic mass is 9.99. The molecule has 0 radical (unpaired) electrons. The Morgan fingerprint density at radius 2 is 1.96 bits per heavy atom. The monoisotopic (exact) mass is 308 g/mol. The third-order valence-corrected chi connectivity index (χ3v) is 3.81. The van der Waals surface area contributed by atoms with Crippen molar-refractivity contribution in [2.75, 3.05) is 7.05 Å². The molecule has 0 fully saturated rings. The third kappa shape index (κ3) is 2.55. The van der Waals surface area contributed by atoms with Crippen LogP contribution in [0.1, 0.15) is 21.6 Å². The van der Waals surface area contributed by atoms with E-state index in [-0.39, 0.29) is 5.82 Å². The van der Waals surface area contributed by atoms with E-state index in [9.17, 15) is 9.18 Å². The van der Waals surface area contributed by atoms with Gasteiger partial charge in [0.05, 0.1) is 5.52 Å². The van der Waals surface area contributed by atoms with Crippen LogP contribution >= 0.6 is 0 Å². The summed E-state index contributed by atoms with van der Waals surface area (Å²) in [6, 6.07) is 12.9. The number of benzene rings is 2. The first-order valence-corrected chi connectivity index (χ1v) is 7.08. The van der Waals surface area contributed by atoms with Gasteiger partial charge in [-0.25, -0.2) is 4.39 Å². The number of carbonyl (C=O) groups is 1. The maximum atomic E-state index is 13.2. The highest BCUT2D eigenvalue weighted by atomic mass is 19.1. The summed E-state index contributed by atoms with van der Waals surface area (Å²) in [6.45, 7) is 1.83. The van der Waals surface area contributed by atoms with Crippen molar-refractivity contribution in [2.45, 2.75) is 6.92 Å². The number of carbonyl (C=O) groups excluding carboxylic acids is 1. The molecule has 0 saturated carbocycles. The van der Waals surface area contributed by atoms with Crippen molar-refractivity contribution < 1.29 is 9.18 Å². The van der Waals surface area contributed by atoms with E-state index < -0.39 is 5.91 Å². The van der Waals surface area contributed by atoms with Gasteiger partial charge in [0.2, 0.25) is 0 Å². The Bertz CT molecular complexity index is 975. The number of nitrogens with one attached hydrogen (secondary N) is 1. The molecule has 0 bridgehead atoms. The molecule has 114 valence electrons. The fourth-order valence-corrected chi connectivity index (χ4v) is 2.72. The van der Waals surface area contributed by atoms with Crippen LogP contribution in [0.4, 0.5) is 4.39 Å². The van der Waals surface area contributed by atoms with Gasteiger partial charge in [-0.2, -0.15) is 0 Å². The second kappa shape index (κ2) is 5.58. The van der Waals surface area contributed by atoms with Gasteiger partial charge in [0, 0.05) is 10.9 Å². The first-order chi connectivity index (χ1) is 11.0. The fraction of sp³-hybridized carbons (Fsp3) is 0.111.